The molecule has 0 atom stereocenters. The Morgan fingerprint density at radius 2 is 2.10 bits per heavy atom. The summed E-state index contributed by atoms with van der Waals surface area (Å²) in [5, 5.41) is 0. The monoisotopic (exact) mass is 137 g/mol. The highest BCUT2D eigenvalue weighted by Gasteiger charge is 1.81. The van der Waals surface area contributed by atoms with Crippen LogP contribution in [0.1, 0.15) is 20.3 Å². The molecule has 0 bridgehead atoms. The van der Waals surface area contributed by atoms with Gasteiger partial charge in [0.1, 0.15) is 0 Å². The van der Waals surface area contributed by atoms with Crippen LogP contribution in [-0.4, -0.2) is 0 Å². The quantitative estimate of drug-likeness (QED) is 0.594. The molecule has 0 fully saturated rings. The summed E-state index contributed by atoms with van der Waals surface area (Å²) < 4.78 is 0. The van der Waals surface area contributed by atoms with Crippen LogP contribution in [0, 0.1) is 0 Å². The third-order valence-corrected chi connectivity index (χ3v) is 1.30. The lowest BCUT2D eigenvalue weighted by Gasteiger charge is -1.91. The van der Waals surface area contributed by atoms with Gasteiger partial charge in [0.15, 0.2) is 0 Å². The molecule has 0 saturated heterocycles. The Kier molecular flexibility index (Phi) is 4.38. The Balaban J connectivity index is 3.88. The fourth-order valence-corrected chi connectivity index (χ4v) is 0.428. The van der Waals surface area contributed by atoms with Gasteiger partial charge in [-0.1, -0.05) is 31.2 Å². The van der Waals surface area contributed by atoms with Crippen LogP contribution in [-0.2, 0) is 0 Å². The zero-order valence-electron chi connectivity index (χ0n) is 6.72. The number of rotatable bonds is 3. The second kappa shape index (κ2) is 4.86. The molecule has 0 radical (unpaired) electrons. The van der Waals surface area contributed by atoms with Gasteiger partial charge in [0.25, 0.3) is 0 Å². The lowest BCUT2D eigenvalue weighted by Crippen LogP contribution is -1.90. The normalized spacial score (nSPS) is 12.4. The molecule has 0 heterocycles. The lowest BCUT2D eigenvalue weighted by molar-refractivity contribution is 1.16. The molecule has 0 aromatic heterocycles. The van der Waals surface area contributed by atoms with Crippen LogP contribution in [0.4, 0.5) is 0 Å². The van der Waals surface area contributed by atoms with E-state index < -0.39 is 0 Å². The standard InChI is InChI=1S/C9H15N/c1-4-8(3)6-7-9(10)5-2/h5-7H,3-4,10H2,1-2H3/b7-6-,9-5+. The third-order valence-electron chi connectivity index (χ3n) is 1.30. The Morgan fingerprint density at radius 3 is 2.50 bits per heavy atom. The van der Waals surface area contributed by atoms with Crippen LogP contribution >= 0.6 is 0 Å². The Morgan fingerprint density at radius 1 is 1.50 bits per heavy atom. The smallest absolute Gasteiger partial charge is 0.0270 e. The maximum Gasteiger partial charge on any atom is 0.0270 e. The van der Waals surface area contributed by atoms with E-state index in [1.54, 1.807) is 0 Å². The zero-order chi connectivity index (χ0) is 7.98. The van der Waals surface area contributed by atoms with E-state index in [1.807, 2.05) is 25.2 Å². The first-order valence-corrected chi connectivity index (χ1v) is 3.48. The van der Waals surface area contributed by atoms with Crippen LogP contribution in [0.25, 0.3) is 0 Å². The average molecular weight is 137 g/mol. The first kappa shape index (κ1) is 9.02. The van der Waals surface area contributed by atoms with Gasteiger partial charge in [0.2, 0.25) is 0 Å². The molecule has 2 N–H and O–H groups in total. The SMILES string of the molecule is C=C(/C=C\C(N)=C/C)CC. The molecule has 0 rings (SSSR count). The summed E-state index contributed by atoms with van der Waals surface area (Å²) >= 11 is 0. The summed E-state index contributed by atoms with van der Waals surface area (Å²) in [6.07, 6.45) is 6.65. The van der Waals surface area contributed by atoms with E-state index in [9.17, 15) is 0 Å². The zero-order valence-corrected chi connectivity index (χ0v) is 6.72. The molecule has 0 aliphatic carbocycles. The van der Waals surface area contributed by atoms with Crippen molar-refractivity contribution in [2.24, 2.45) is 5.73 Å². The average Bonchev–Trinajstić information content (AvgIpc) is 1.99. The number of hydrogen-bond acceptors (Lipinski definition) is 1. The van der Waals surface area contributed by atoms with E-state index in [4.69, 9.17) is 5.73 Å². The first-order valence-electron chi connectivity index (χ1n) is 3.48. The second-order valence-electron chi connectivity index (χ2n) is 2.13. The third kappa shape index (κ3) is 3.96. The van der Waals surface area contributed by atoms with Crippen LogP contribution in [0.2, 0.25) is 0 Å². The van der Waals surface area contributed by atoms with Crippen molar-refractivity contribution in [3.05, 3.63) is 36.1 Å². The summed E-state index contributed by atoms with van der Waals surface area (Å²) in [6.45, 7) is 7.79. The predicted molar refractivity (Wildman–Crippen MR) is 46.5 cm³/mol. The molecule has 56 valence electrons. The molecule has 0 aromatic carbocycles. The van der Waals surface area contributed by atoms with Gasteiger partial charge < -0.3 is 5.73 Å². The minimum atomic E-state index is 0.787. The van der Waals surface area contributed by atoms with Gasteiger partial charge in [-0.3, -0.25) is 0 Å². The van der Waals surface area contributed by atoms with E-state index in [1.165, 1.54) is 0 Å². The highest BCUT2D eigenvalue weighted by atomic mass is 14.5. The van der Waals surface area contributed by atoms with E-state index >= 15 is 0 Å². The highest BCUT2D eigenvalue weighted by Crippen LogP contribution is 1.99. The number of allylic oxidation sites excluding steroid dienone is 4. The largest absolute Gasteiger partial charge is 0.399 e. The van der Waals surface area contributed by atoms with Gasteiger partial charge in [-0.15, -0.1) is 0 Å². The van der Waals surface area contributed by atoms with Gasteiger partial charge in [0.05, 0.1) is 0 Å². The fraction of sp³-hybridized carbons (Fsp3) is 0.333. The summed E-state index contributed by atoms with van der Waals surface area (Å²) in [7, 11) is 0. The molecular formula is C9H15N. The molecular weight excluding hydrogens is 122 g/mol. The first-order chi connectivity index (χ1) is 4.70. The molecule has 0 aliphatic heterocycles. The van der Waals surface area contributed by atoms with Crippen LogP contribution < -0.4 is 5.73 Å². The summed E-state index contributed by atoms with van der Waals surface area (Å²) in [4.78, 5) is 0. The van der Waals surface area contributed by atoms with Crippen molar-refractivity contribution in [1.29, 1.82) is 0 Å². The van der Waals surface area contributed by atoms with Gasteiger partial charge >= 0.3 is 0 Å². The van der Waals surface area contributed by atoms with E-state index in [2.05, 4.69) is 13.5 Å². The molecule has 0 saturated carbocycles. The van der Waals surface area contributed by atoms with Crippen molar-refractivity contribution in [3.8, 4) is 0 Å². The van der Waals surface area contributed by atoms with Crippen molar-refractivity contribution < 1.29 is 0 Å². The van der Waals surface area contributed by atoms with E-state index in [-0.39, 0.29) is 0 Å². The summed E-state index contributed by atoms with van der Waals surface area (Å²) in [5.41, 5.74) is 7.40. The summed E-state index contributed by atoms with van der Waals surface area (Å²) in [6, 6.07) is 0. The molecule has 10 heavy (non-hydrogen) atoms. The van der Waals surface area contributed by atoms with Crippen molar-refractivity contribution in [2.45, 2.75) is 20.3 Å². The van der Waals surface area contributed by atoms with Gasteiger partial charge in [-0.25, -0.2) is 0 Å². The van der Waals surface area contributed by atoms with E-state index in [0.717, 1.165) is 17.7 Å². The summed E-state index contributed by atoms with van der Waals surface area (Å²) in [5.74, 6) is 0. The van der Waals surface area contributed by atoms with Crippen LogP contribution in [0.15, 0.2) is 36.1 Å². The lowest BCUT2D eigenvalue weighted by atomic mass is 10.2. The van der Waals surface area contributed by atoms with Crippen molar-refractivity contribution in [3.63, 3.8) is 0 Å². The predicted octanol–water partition coefficient (Wildman–Crippen LogP) is 2.37. The maximum atomic E-state index is 5.51. The molecule has 1 heteroatoms. The van der Waals surface area contributed by atoms with Crippen LogP contribution in [0.5, 0.6) is 0 Å². The van der Waals surface area contributed by atoms with Gasteiger partial charge in [0, 0.05) is 5.70 Å². The van der Waals surface area contributed by atoms with Crippen molar-refractivity contribution >= 4 is 0 Å². The topological polar surface area (TPSA) is 26.0 Å². The number of nitrogens with two attached hydrogens (primary N) is 1. The molecule has 1 nitrogen and oxygen atoms in total. The second-order valence-corrected chi connectivity index (χ2v) is 2.13. The molecule has 0 aliphatic rings. The minimum absolute atomic E-state index is 0.787. The molecule has 0 spiro atoms. The van der Waals surface area contributed by atoms with Crippen LogP contribution in [0.3, 0.4) is 0 Å². The van der Waals surface area contributed by atoms with Gasteiger partial charge in [-0.2, -0.15) is 0 Å². The van der Waals surface area contributed by atoms with E-state index in [0.29, 0.717) is 0 Å². The molecule has 0 amide bonds. The Bertz CT molecular complexity index is 164. The fourth-order valence-electron chi connectivity index (χ4n) is 0.428. The maximum absolute atomic E-state index is 5.51. The highest BCUT2D eigenvalue weighted by molar-refractivity contribution is 5.23. The minimum Gasteiger partial charge on any atom is -0.399 e. The Hall–Kier alpha value is -0.980. The van der Waals surface area contributed by atoms with Gasteiger partial charge in [-0.05, 0) is 19.4 Å². The number of hydrogen-bond donors (Lipinski definition) is 1. The van der Waals surface area contributed by atoms with Crippen molar-refractivity contribution in [2.75, 3.05) is 0 Å². The Labute approximate surface area is 62.9 Å². The van der Waals surface area contributed by atoms with Crippen molar-refractivity contribution in [1.82, 2.24) is 0 Å². The molecule has 0 unspecified atom stereocenters. The molecule has 0 aromatic rings.